The van der Waals surface area contributed by atoms with Crippen LogP contribution in [0.2, 0.25) is 0 Å². The van der Waals surface area contributed by atoms with Crippen LogP contribution < -0.4 is 0 Å². The van der Waals surface area contributed by atoms with Crippen molar-refractivity contribution in [2.45, 2.75) is 32.6 Å². The van der Waals surface area contributed by atoms with E-state index < -0.39 is 40.7 Å². The average molecular weight is 424 g/mol. The van der Waals surface area contributed by atoms with Gasteiger partial charge in [-0.15, -0.1) is 0 Å². The van der Waals surface area contributed by atoms with E-state index in [2.05, 4.69) is 0 Å². The predicted octanol–water partition coefficient (Wildman–Crippen LogP) is 6.11. The second-order valence-electron chi connectivity index (χ2n) is 7.05. The molecule has 0 radical (unpaired) electrons. The van der Waals surface area contributed by atoms with Gasteiger partial charge in [-0.05, 0) is 66.5 Å². The number of phenolic OH excluding ortho intramolecular Hbond substituents is 1. The third kappa shape index (κ3) is 4.30. The maximum atomic E-state index is 14.4. The van der Waals surface area contributed by atoms with Gasteiger partial charge in [0.15, 0.2) is 34.8 Å². The van der Waals surface area contributed by atoms with Gasteiger partial charge in [0.1, 0.15) is 0 Å². The second kappa shape index (κ2) is 8.81. The zero-order valence-corrected chi connectivity index (χ0v) is 16.0. The minimum absolute atomic E-state index is 0.00140. The SMILES string of the molecule is Cc1ccc(CCc2ccc(CCc3ccc(O)c(F)c3F)c(F)c2F)c(F)c1F. The molecule has 0 heterocycles. The third-order valence-electron chi connectivity index (χ3n) is 5.07. The van der Waals surface area contributed by atoms with Crippen LogP contribution in [-0.4, -0.2) is 5.11 Å². The molecule has 0 atom stereocenters. The van der Waals surface area contributed by atoms with E-state index in [1.165, 1.54) is 37.3 Å². The van der Waals surface area contributed by atoms with E-state index in [0.29, 0.717) is 0 Å². The highest BCUT2D eigenvalue weighted by Crippen LogP contribution is 2.25. The third-order valence-corrected chi connectivity index (χ3v) is 5.07. The van der Waals surface area contributed by atoms with Crippen LogP contribution in [0, 0.1) is 41.8 Å². The molecule has 3 rings (SSSR count). The average Bonchev–Trinajstić information content (AvgIpc) is 2.73. The van der Waals surface area contributed by atoms with Gasteiger partial charge in [0, 0.05) is 0 Å². The molecule has 0 aliphatic heterocycles. The van der Waals surface area contributed by atoms with Crippen LogP contribution in [-0.2, 0) is 25.7 Å². The van der Waals surface area contributed by atoms with Crippen LogP contribution in [0.25, 0.3) is 0 Å². The van der Waals surface area contributed by atoms with Crippen molar-refractivity contribution in [1.82, 2.24) is 0 Å². The molecular formula is C23H18F6O. The fourth-order valence-electron chi connectivity index (χ4n) is 3.21. The molecule has 0 aromatic heterocycles. The molecule has 0 aliphatic rings. The van der Waals surface area contributed by atoms with Crippen molar-refractivity contribution in [3.05, 3.63) is 99.1 Å². The second-order valence-corrected chi connectivity index (χ2v) is 7.05. The number of rotatable bonds is 6. The van der Waals surface area contributed by atoms with Crippen LogP contribution in [0.3, 0.4) is 0 Å². The molecule has 0 saturated heterocycles. The van der Waals surface area contributed by atoms with Gasteiger partial charge in [0.25, 0.3) is 0 Å². The standard InChI is InChI=1S/C23H18F6O/c1-12-2-3-13(19(25)18(12)24)4-5-14-6-7-15(21(27)20(14)26)8-9-16-10-11-17(30)23(29)22(16)28/h2-3,6-7,10-11,30H,4-5,8-9H2,1H3. The van der Waals surface area contributed by atoms with Crippen LogP contribution in [0.5, 0.6) is 5.75 Å². The van der Waals surface area contributed by atoms with Crippen LogP contribution >= 0.6 is 0 Å². The highest BCUT2D eigenvalue weighted by molar-refractivity contribution is 5.33. The van der Waals surface area contributed by atoms with E-state index in [4.69, 9.17) is 5.11 Å². The molecule has 158 valence electrons. The first-order valence-corrected chi connectivity index (χ1v) is 9.25. The summed E-state index contributed by atoms with van der Waals surface area (Å²) in [6.07, 6.45) is -0.258. The first-order valence-electron chi connectivity index (χ1n) is 9.25. The molecule has 3 aromatic rings. The number of hydrogen-bond donors (Lipinski definition) is 1. The summed E-state index contributed by atoms with van der Waals surface area (Å²) in [6.45, 7) is 1.42. The summed E-state index contributed by atoms with van der Waals surface area (Å²) in [4.78, 5) is 0. The van der Waals surface area contributed by atoms with Crippen LogP contribution in [0.4, 0.5) is 26.3 Å². The van der Waals surface area contributed by atoms with Gasteiger partial charge in [-0.3, -0.25) is 0 Å². The molecule has 0 bridgehead atoms. The molecule has 7 heteroatoms. The Morgan fingerprint density at radius 1 is 0.500 bits per heavy atom. The fourth-order valence-corrected chi connectivity index (χ4v) is 3.21. The Morgan fingerprint density at radius 3 is 1.30 bits per heavy atom. The molecule has 0 aliphatic carbocycles. The summed E-state index contributed by atoms with van der Waals surface area (Å²) in [7, 11) is 0. The monoisotopic (exact) mass is 424 g/mol. The molecule has 0 fully saturated rings. The van der Waals surface area contributed by atoms with E-state index in [1.807, 2.05) is 0 Å². The number of halogens is 6. The Morgan fingerprint density at radius 2 is 0.833 bits per heavy atom. The van der Waals surface area contributed by atoms with Crippen LogP contribution in [0.1, 0.15) is 27.8 Å². The molecule has 0 amide bonds. The smallest absolute Gasteiger partial charge is 0.200 e. The summed E-state index contributed by atoms with van der Waals surface area (Å²) in [5, 5.41) is 9.13. The van der Waals surface area contributed by atoms with Gasteiger partial charge in [-0.25, -0.2) is 22.0 Å². The van der Waals surface area contributed by atoms with Gasteiger partial charge >= 0.3 is 0 Å². The Kier molecular flexibility index (Phi) is 6.39. The van der Waals surface area contributed by atoms with Crippen molar-refractivity contribution >= 4 is 0 Å². The summed E-state index contributed by atoms with van der Waals surface area (Å²) in [5.74, 6) is -7.67. The lowest BCUT2D eigenvalue weighted by Gasteiger charge is -2.11. The topological polar surface area (TPSA) is 20.2 Å². The largest absolute Gasteiger partial charge is 0.505 e. The zero-order chi connectivity index (χ0) is 22.0. The lowest BCUT2D eigenvalue weighted by atomic mass is 9.98. The van der Waals surface area contributed by atoms with Gasteiger partial charge < -0.3 is 5.11 Å². The summed E-state index contributed by atoms with van der Waals surface area (Å²) >= 11 is 0. The molecule has 30 heavy (non-hydrogen) atoms. The minimum Gasteiger partial charge on any atom is -0.505 e. The number of aryl methyl sites for hydroxylation is 5. The number of phenols is 1. The van der Waals surface area contributed by atoms with E-state index >= 15 is 0 Å². The molecular weight excluding hydrogens is 406 g/mol. The lowest BCUT2D eigenvalue weighted by Crippen LogP contribution is -2.05. The molecule has 1 nitrogen and oxygen atoms in total. The van der Waals surface area contributed by atoms with E-state index in [9.17, 15) is 26.3 Å². The maximum absolute atomic E-state index is 14.4. The van der Waals surface area contributed by atoms with Gasteiger partial charge in [0.2, 0.25) is 5.82 Å². The summed E-state index contributed by atoms with van der Waals surface area (Å²) in [5.41, 5.74) is 0.107. The quantitative estimate of drug-likeness (QED) is 0.474. The van der Waals surface area contributed by atoms with Gasteiger partial charge in [-0.2, -0.15) is 4.39 Å². The highest BCUT2D eigenvalue weighted by atomic mass is 19.2. The van der Waals surface area contributed by atoms with Crippen molar-refractivity contribution in [3.63, 3.8) is 0 Å². The molecule has 0 saturated carbocycles. The summed E-state index contributed by atoms with van der Waals surface area (Å²) < 4.78 is 83.6. The number of benzene rings is 3. The minimum atomic E-state index is -1.39. The fraction of sp³-hybridized carbons (Fsp3) is 0.217. The highest BCUT2D eigenvalue weighted by Gasteiger charge is 2.17. The first-order chi connectivity index (χ1) is 14.2. The molecule has 0 unspecified atom stereocenters. The van der Waals surface area contributed by atoms with Crippen molar-refractivity contribution in [1.29, 1.82) is 0 Å². The Balaban J connectivity index is 1.73. The number of hydrogen-bond acceptors (Lipinski definition) is 1. The van der Waals surface area contributed by atoms with Crippen LogP contribution in [0.15, 0.2) is 36.4 Å². The van der Waals surface area contributed by atoms with Crippen molar-refractivity contribution in [2.75, 3.05) is 0 Å². The summed E-state index contributed by atoms with van der Waals surface area (Å²) in [6, 6.07) is 7.64. The van der Waals surface area contributed by atoms with E-state index in [-0.39, 0.29) is 53.5 Å². The Labute approximate surface area is 169 Å². The normalized spacial score (nSPS) is 11.2. The molecule has 3 aromatic carbocycles. The molecule has 0 spiro atoms. The van der Waals surface area contributed by atoms with Gasteiger partial charge in [-0.1, -0.05) is 30.3 Å². The van der Waals surface area contributed by atoms with E-state index in [1.54, 1.807) is 0 Å². The van der Waals surface area contributed by atoms with Crippen molar-refractivity contribution in [3.8, 4) is 5.75 Å². The van der Waals surface area contributed by atoms with E-state index in [0.717, 1.165) is 6.07 Å². The van der Waals surface area contributed by atoms with Gasteiger partial charge in [0.05, 0.1) is 0 Å². The molecule has 1 N–H and O–H groups in total. The van der Waals surface area contributed by atoms with Crippen molar-refractivity contribution < 1.29 is 31.4 Å². The maximum Gasteiger partial charge on any atom is 0.200 e. The lowest BCUT2D eigenvalue weighted by molar-refractivity contribution is 0.404. The Hall–Kier alpha value is -2.96. The van der Waals surface area contributed by atoms with Crippen molar-refractivity contribution in [2.24, 2.45) is 0 Å². The predicted molar refractivity (Wildman–Crippen MR) is 100 cm³/mol. The number of aromatic hydroxyl groups is 1. The first kappa shape index (κ1) is 21.7. The Bertz CT molecular complexity index is 1010. The zero-order valence-electron chi connectivity index (χ0n) is 16.0.